The van der Waals surface area contributed by atoms with Crippen molar-refractivity contribution in [3.05, 3.63) is 29.0 Å². The standard InChI is InChI=1S/C17H22ClFO4/c1-5-17(6-2,15(20)22-10-11(3)4)16(21)23-14-12(18)8-7-9-13(14)19/h7-9,11H,5-6,10H2,1-4H3. The molecule has 128 valence electrons. The van der Waals surface area contributed by atoms with E-state index in [1.165, 1.54) is 12.1 Å². The molecule has 0 bridgehead atoms. The number of esters is 2. The van der Waals surface area contributed by atoms with Gasteiger partial charge in [0, 0.05) is 0 Å². The second-order valence-corrected chi connectivity index (χ2v) is 6.13. The highest BCUT2D eigenvalue weighted by molar-refractivity contribution is 6.32. The van der Waals surface area contributed by atoms with E-state index in [9.17, 15) is 14.0 Å². The van der Waals surface area contributed by atoms with Crippen LogP contribution in [0.15, 0.2) is 18.2 Å². The van der Waals surface area contributed by atoms with Gasteiger partial charge in [0.25, 0.3) is 0 Å². The summed E-state index contributed by atoms with van der Waals surface area (Å²) in [5, 5.41) is -0.0324. The van der Waals surface area contributed by atoms with E-state index in [-0.39, 0.29) is 36.1 Å². The molecule has 0 spiro atoms. The van der Waals surface area contributed by atoms with Crippen molar-refractivity contribution >= 4 is 23.5 Å². The van der Waals surface area contributed by atoms with E-state index < -0.39 is 23.2 Å². The first-order chi connectivity index (χ1) is 10.8. The Morgan fingerprint density at radius 3 is 2.30 bits per heavy atom. The number of para-hydroxylation sites is 1. The lowest BCUT2D eigenvalue weighted by Gasteiger charge is -2.27. The van der Waals surface area contributed by atoms with Crippen LogP contribution in [0.4, 0.5) is 4.39 Å². The largest absolute Gasteiger partial charge is 0.465 e. The van der Waals surface area contributed by atoms with Gasteiger partial charge in [-0.15, -0.1) is 0 Å². The summed E-state index contributed by atoms with van der Waals surface area (Å²) in [5.74, 6) is -2.51. The minimum absolute atomic E-state index is 0.0324. The molecule has 0 aliphatic rings. The maximum atomic E-state index is 13.8. The highest BCUT2D eigenvalue weighted by atomic mass is 35.5. The van der Waals surface area contributed by atoms with E-state index in [1.54, 1.807) is 13.8 Å². The predicted octanol–water partition coefficient (Wildman–Crippen LogP) is 4.39. The fourth-order valence-corrected chi connectivity index (χ4v) is 2.26. The summed E-state index contributed by atoms with van der Waals surface area (Å²) < 4.78 is 24.1. The summed E-state index contributed by atoms with van der Waals surface area (Å²) in [6.45, 7) is 7.36. The van der Waals surface area contributed by atoms with Crippen LogP contribution in [0.5, 0.6) is 5.75 Å². The van der Waals surface area contributed by atoms with Gasteiger partial charge in [-0.2, -0.15) is 0 Å². The maximum Gasteiger partial charge on any atom is 0.329 e. The van der Waals surface area contributed by atoms with Gasteiger partial charge in [0.15, 0.2) is 17.0 Å². The second-order valence-electron chi connectivity index (χ2n) is 5.72. The van der Waals surface area contributed by atoms with E-state index in [2.05, 4.69) is 0 Å². The molecule has 0 aliphatic carbocycles. The fraction of sp³-hybridized carbons (Fsp3) is 0.529. The topological polar surface area (TPSA) is 52.6 Å². The first-order valence-electron chi connectivity index (χ1n) is 7.62. The van der Waals surface area contributed by atoms with Crippen LogP contribution >= 0.6 is 11.6 Å². The average Bonchev–Trinajstić information content (AvgIpc) is 2.50. The van der Waals surface area contributed by atoms with Crippen LogP contribution in [0.1, 0.15) is 40.5 Å². The number of rotatable bonds is 7. The summed E-state index contributed by atoms with van der Waals surface area (Å²) in [5.41, 5.74) is -1.47. The van der Waals surface area contributed by atoms with Gasteiger partial charge in [0.2, 0.25) is 0 Å². The maximum absolute atomic E-state index is 13.8. The lowest BCUT2D eigenvalue weighted by atomic mass is 9.82. The van der Waals surface area contributed by atoms with E-state index in [0.29, 0.717) is 0 Å². The summed E-state index contributed by atoms with van der Waals surface area (Å²) in [4.78, 5) is 24.9. The zero-order valence-electron chi connectivity index (χ0n) is 13.8. The van der Waals surface area contributed by atoms with Crippen molar-refractivity contribution in [1.29, 1.82) is 0 Å². The minimum atomic E-state index is -1.47. The van der Waals surface area contributed by atoms with Gasteiger partial charge in [-0.05, 0) is 30.9 Å². The van der Waals surface area contributed by atoms with Crippen LogP contribution in [-0.2, 0) is 14.3 Å². The van der Waals surface area contributed by atoms with Crippen molar-refractivity contribution in [1.82, 2.24) is 0 Å². The Bertz CT molecular complexity index is 547. The zero-order valence-corrected chi connectivity index (χ0v) is 14.6. The highest BCUT2D eigenvalue weighted by Crippen LogP contribution is 2.34. The molecule has 0 radical (unpaired) electrons. The predicted molar refractivity (Wildman–Crippen MR) is 85.9 cm³/mol. The molecule has 1 aromatic rings. The van der Waals surface area contributed by atoms with Gasteiger partial charge in [-0.3, -0.25) is 9.59 Å². The fourth-order valence-electron chi connectivity index (χ4n) is 2.06. The van der Waals surface area contributed by atoms with Gasteiger partial charge in [-0.25, -0.2) is 4.39 Å². The Morgan fingerprint density at radius 2 is 1.83 bits per heavy atom. The number of hydrogen-bond donors (Lipinski definition) is 0. The molecule has 0 fully saturated rings. The van der Waals surface area contributed by atoms with Gasteiger partial charge >= 0.3 is 11.9 Å². The Balaban J connectivity index is 3.04. The van der Waals surface area contributed by atoms with Crippen molar-refractivity contribution in [2.75, 3.05) is 6.61 Å². The van der Waals surface area contributed by atoms with Gasteiger partial charge in [0.1, 0.15) is 0 Å². The first-order valence-corrected chi connectivity index (χ1v) is 7.99. The third kappa shape index (κ3) is 4.44. The number of benzene rings is 1. The normalized spacial score (nSPS) is 11.4. The van der Waals surface area contributed by atoms with Crippen LogP contribution in [0, 0.1) is 17.2 Å². The molecular formula is C17H22ClFO4. The molecule has 0 aliphatic heterocycles. The molecule has 0 saturated carbocycles. The monoisotopic (exact) mass is 344 g/mol. The summed E-state index contributed by atoms with van der Waals surface area (Å²) in [7, 11) is 0. The van der Waals surface area contributed by atoms with E-state index in [1.807, 2.05) is 13.8 Å². The van der Waals surface area contributed by atoms with Crippen LogP contribution in [-0.4, -0.2) is 18.5 Å². The van der Waals surface area contributed by atoms with E-state index in [4.69, 9.17) is 21.1 Å². The number of carbonyl (C=O) groups excluding carboxylic acids is 2. The average molecular weight is 345 g/mol. The third-order valence-electron chi connectivity index (χ3n) is 3.65. The SMILES string of the molecule is CCC(CC)(C(=O)OCC(C)C)C(=O)Oc1c(F)cccc1Cl. The van der Waals surface area contributed by atoms with Crippen LogP contribution in [0.25, 0.3) is 0 Å². The molecular weight excluding hydrogens is 323 g/mol. The van der Waals surface area contributed by atoms with Crippen LogP contribution < -0.4 is 4.74 Å². The molecule has 4 nitrogen and oxygen atoms in total. The molecule has 0 heterocycles. The van der Waals surface area contributed by atoms with Gasteiger partial charge < -0.3 is 9.47 Å². The smallest absolute Gasteiger partial charge is 0.329 e. The van der Waals surface area contributed by atoms with E-state index in [0.717, 1.165) is 6.07 Å². The Hall–Kier alpha value is -1.62. The van der Waals surface area contributed by atoms with Crippen molar-refractivity contribution in [2.45, 2.75) is 40.5 Å². The molecule has 1 aromatic carbocycles. The number of hydrogen-bond acceptors (Lipinski definition) is 4. The van der Waals surface area contributed by atoms with Crippen molar-refractivity contribution < 1.29 is 23.5 Å². The quantitative estimate of drug-likeness (QED) is 0.418. The Morgan fingerprint density at radius 1 is 1.22 bits per heavy atom. The number of halogens is 2. The lowest BCUT2D eigenvalue weighted by Crippen LogP contribution is -2.43. The van der Waals surface area contributed by atoms with Crippen LogP contribution in [0.3, 0.4) is 0 Å². The number of carbonyl (C=O) groups is 2. The lowest BCUT2D eigenvalue weighted by molar-refractivity contribution is -0.169. The molecule has 0 unspecified atom stereocenters. The van der Waals surface area contributed by atoms with Crippen LogP contribution in [0.2, 0.25) is 5.02 Å². The Kier molecular flexibility index (Phi) is 7.01. The van der Waals surface area contributed by atoms with Gasteiger partial charge in [-0.1, -0.05) is 45.4 Å². The van der Waals surface area contributed by atoms with Crippen molar-refractivity contribution in [3.63, 3.8) is 0 Å². The molecule has 0 saturated heterocycles. The Labute approximate surface area is 140 Å². The zero-order chi connectivity index (χ0) is 17.6. The summed E-state index contributed by atoms with van der Waals surface area (Å²) in [6, 6.07) is 3.94. The molecule has 0 aromatic heterocycles. The first kappa shape index (κ1) is 19.4. The summed E-state index contributed by atoms with van der Waals surface area (Å²) in [6.07, 6.45) is 0.372. The van der Waals surface area contributed by atoms with E-state index >= 15 is 0 Å². The molecule has 23 heavy (non-hydrogen) atoms. The third-order valence-corrected chi connectivity index (χ3v) is 3.95. The molecule has 0 N–H and O–H groups in total. The van der Waals surface area contributed by atoms with Crippen molar-refractivity contribution in [3.8, 4) is 5.75 Å². The molecule has 0 atom stereocenters. The highest BCUT2D eigenvalue weighted by Gasteiger charge is 2.46. The molecule has 6 heteroatoms. The summed E-state index contributed by atoms with van der Waals surface area (Å²) >= 11 is 5.86. The molecule has 1 rings (SSSR count). The van der Waals surface area contributed by atoms with Crippen molar-refractivity contribution in [2.24, 2.45) is 11.3 Å². The molecule has 0 amide bonds. The minimum Gasteiger partial charge on any atom is -0.465 e. The second kappa shape index (κ2) is 8.29. The number of ether oxygens (including phenoxy) is 2. The van der Waals surface area contributed by atoms with Gasteiger partial charge in [0.05, 0.1) is 11.6 Å².